The molecule has 1 fully saturated rings. The molecule has 0 spiro atoms. The van der Waals surface area contributed by atoms with Gasteiger partial charge in [-0.3, -0.25) is 9.59 Å². The lowest BCUT2D eigenvalue weighted by atomic mass is 10.0. The van der Waals surface area contributed by atoms with Crippen molar-refractivity contribution in [3.63, 3.8) is 0 Å². The summed E-state index contributed by atoms with van der Waals surface area (Å²) in [5.41, 5.74) is 2.64. The van der Waals surface area contributed by atoms with Gasteiger partial charge in [0, 0.05) is 26.4 Å². The highest BCUT2D eigenvalue weighted by molar-refractivity contribution is 7.88. The molecule has 1 N–H and O–H groups in total. The fourth-order valence-corrected chi connectivity index (χ4v) is 6.24. The number of sulfonamides is 1. The van der Waals surface area contributed by atoms with Crippen molar-refractivity contribution in [2.24, 2.45) is 0 Å². The Balaban J connectivity index is 1.64. The van der Waals surface area contributed by atoms with Gasteiger partial charge in [-0.2, -0.15) is 4.31 Å². The van der Waals surface area contributed by atoms with Crippen molar-refractivity contribution in [3.05, 3.63) is 62.8 Å². The van der Waals surface area contributed by atoms with E-state index in [-0.39, 0.29) is 23.8 Å². The molecule has 1 aromatic heterocycles. The van der Waals surface area contributed by atoms with E-state index in [1.807, 2.05) is 31.2 Å². The van der Waals surface area contributed by atoms with Crippen LogP contribution in [0.3, 0.4) is 0 Å². The molecular weight excluding hydrogens is 416 g/mol. The summed E-state index contributed by atoms with van der Waals surface area (Å²) in [7, 11) is -3.59. The van der Waals surface area contributed by atoms with Crippen LogP contribution in [0.25, 0.3) is 0 Å². The molecule has 0 aliphatic carbocycles. The van der Waals surface area contributed by atoms with Crippen LogP contribution < -0.4 is 5.56 Å². The molecule has 0 bridgehead atoms. The Morgan fingerprint density at radius 3 is 2.81 bits per heavy atom. The number of carbonyl (C=O) groups excluding carboxylic acids is 1. The maximum absolute atomic E-state index is 13.3. The van der Waals surface area contributed by atoms with E-state index < -0.39 is 16.1 Å². The Morgan fingerprint density at radius 1 is 1.26 bits per heavy atom. The summed E-state index contributed by atoms with van der Waals surface area (Å²) < 4.78 is 28.1. The minimum absolute atomic E-state index is 0.0742. The highest BCUT2D eigenvalue weighted by Gasteiger charge is 2.35. The number of hydrogen-bond acceptors (Lipinski definition) is 5. The zero-order valence-electron chi connectivity index (χ0n) is 17.9. The number of nitrogens with zero attached hydrogens (tertiary/aromatic N) is 3. The number of H-pyrrole nitrogens is 1. The van der Waals surface area contributed by atoms with Gasteiger partial charge in [0.25, 0.3) is 5.56 Å². The first-order valence-electron chi connectivity index (χ1n) is 10.7. The highest BCUT2D eigenvalue weighted by atomic mass is 32.2. The lowest BCUT2D eigenvalue weighted by Gasteiger charge is -2.35. The topological polar surface area (TPSA) is 103 Å². The third-order valence-corrected chi connectivity index (χ3v) is 7.94. The third-order valence-electron chi connectivity index (χ3n) is 6.09. The number of carbonyl (C=O) groups is 1. The molecule has 2 aliphatic rings. The van der Waals surface area contributed by atoms with Crippen molar-refractivity contribution < 1.29 is 13.2 Å². The van der Waals surface area contributed by atoms with Crippen LogP contribution in [0.1, 0.15) is 60.4 Å². The van der Waals surface area contributed by atoms with Gasteiger partial charge in [-0.05, 0) is 25.3 Å². The van der Waals surface area contributed by atoms with Crippen LogP contribution in [0.2, 0.25) is 0 Å². The fourth-order valence-electron chi connectivity index (χ4n) is 4.48. The van der Waals surface area contributed by atoms with Gasteiger partial charge < -0.3 is 9.88 Å². The van der Waals surface area contributed by atoms with Gasteiger partial charge in [-0.25, -0.2) is 13.4 Å². The largest absolute Gasteiger partial charge is 0.338 e. The predicted octanol–water partition coefficient (Wildman–Crippen LogP) is 2.04. The maximum Gasteiger partial charge on any atom is 0.256 e. The normalized spacial score (nSPS) is 19.8. The number of rotatable bonds is 4. The highest BCUT2D eigenvalue weighted by Crippen LogP contribution is 2.33. The Kier molecular flexibility index (Phi) is 5.98. The van der Waals surface area contributed by atoms with Gasteiger partial charge in [-0.15, -0.1) is 0 Å². The van der Waals surface area contributed by atoms with Gasteiger partial charge in [-0.1, -0.05) is 36.2 Å². The van der Waals surface area contributed by atoms with Crippen LogP contribution in [-0.4, -0.2) is 46.6 Å². The molecule has 166 valence electrons. The minimum Gasteiger partial charge on any atom is -0.338 e. The van der Waals surface area contributed by atoms with Crippen molar-refractivity contribution >= 4 is 15.9 Å². The molecule has 31 heavy (non-hydrogen) atoms. The number of aryl methyl sites for hydroxylation is 1. The first-order valence-corrected chi connectivity index (χ1v) is 12.3. The summed E-state index contributed by atoms with van der Waals surface area (Å²) in [5.74, 6) is 0.260. The van der Waals surface area contributed by atoms with Gasteiger partial charge in [0.1, 0.15) is 5.82 Å². The smallest absolute Gasteiger partial charge is 0.256 e. The number of aromatic amines is 1. The molecule has 8 nitrogen and oxygen atoms in total. The Morgan fingerprint density at radius 2 is 2.06 bits per heavy atom. The lowest BCUT2D eigenvalue weighted by molar-refractivity contribution is -0.129. The maximum atomic E-state index is 13.3. The van der Waals surface area contributed by atoms with Gasteiger partial charge >= 0.3 is 0 Å². The first kappa shape index (κ1) is 21.7. The average molecular weight is 445 g/mol. The Labute approximate surface area is 182 Å². The quantitative estimate of drug-likeness (QED) is 0.777. The second-order valence-electron chi connectivity index (χ2n) is 8.43. The van der Waals surface area contributed by atoms with Crippen LogP contribution in [0, 0.1) is 6.92 Å². The molecule has 3 heterocycles. The molecule has 1 atom stereocenters. The van der Waals surface area contributed by atoms with Crippen LogP contribution in [0.15, 0.2) is 29.1 Å². The van der Waals surface area contributed by atoms with Gasteiger partial charge in [0.05, 0.1) is 29.6 Å². The zero-order chi connectivity index (χ0) is 22.2. The van der Waals surface area contributed by atoms with E-state index >= 15 is 0 Å². The van der Waals surface area contributed by atoms with Crippen LogP contribution in [0.5, 0.6) is 0 Å². The monoisotopic (exact) mass is 444 g/mol. The van der Waals surface area contributed by atoms with Gasteiger partial charge in [0.15, 0.2) is 0 Å². The second-order valence-corrected chi connectivity index (χ2v) is 10.4. The Bertz CT molecular complexity index is 1160. The molecule has 9 heteroatoms. The first-order chi connectivity index (χ1) is 14.7. The molecular formula is C22H28N4O4S. The summed E-state index contributed by atoms with van der Waals surface area (Å²) >= 11 is 0. The van der Waals surface area contributed by atoms with E-state index in [0.717, 1.165) is 24.0 Å². The third kappa shape index (κ3) is 4.57. The lowest BCUT2D eigenvalue weighted by Crippen LogP contribution is -2.42. The summed E-state index contributed by atoms with van der Waals surface area (Å²) in [6.07, 6.45) is 2.77. The molecule has 4 rings (SSSR count). The molecule has 0 saturated carbocycles. The van der Waals surface area contributed by atoms with Crippen LogP contribution in [-0.2, 0) is 33.5 Å². The summed E-state index contributed by atoms with van der Waals surface area (Å²) in [4.78, 5) is 33.6. The SMILES string of the molecule is CC(=O)N1CCc2nc([C@H]3CCCCN3S(=O)(=O)Cc3cccc(C)c3)[nH]c(=O)c2C1. The summed E-state index contributed by atoms with van der Waals surface area (Å²) in [6, 6.07) is 7.03. The van der Waals surface area contributed by atoms with E-state index in [0.29, 0.717) is 43.0 Å². The van der Waals surface area contributed by atoms with E-state index in [4.69, 9.17) is 0 Å². The number of fused-ring (bicyclic) bond motifs is 1. The van der Waals surface area contributed by atoms with Crippen molar-refractivity contribution in [1.82, 2.24) is 19.2 Å². The predicted molar refractivity (Wildman–Crippen MR) is 117 cm³/mol. The van der Waals surface area contributed by atoms with Crippen LogP contribution >= 0.6 is 0 Å². The number of nitrogens with one attached hydrogen (secondary N) is 1. The number of benzene rings is 1. The average Bonchev–Trinajstić information content (AvgIpc) is 2.73. The Hall–Kier alpha value is -2.52. The molecule has 0 unspecified atom stereocenters. The van der Waals surface area contributed by atoms with Crippen molar-refractivity contribution in [3.8, 4) is 0 Å². The van der Waals surface area contributed by atoms with E-state index in [2.05, 4.69) is 9.97 Å². The molecule has 2 aliphatic heterocycles. The summed E-state index contributed by atoms with van der Waals surface area (Å²) in [6.45, 7) is 4.60. The summed E-state index contributed by atoms with van der Waals surface area (Å²) in [5, 5.41) is 0. The number of aromatic nitrogens is 2. The van der Waals surface area contributed by atoms with E-state index in [9.17, 15) is 18.0 Å². The van der Waals surface area contributed by atoms with Crippen LogP contribution in [0.4, 0.5) is 0 Å². The molecule has 1 saturated heterocycles. The van der Waals surface area contributed by atoms with Gasteiger partial charge in [0.2, 0.25) is 15.9 Å². The van der Waals surface area contributed by atoms with E-state index in [1.54, 1.807) is 4.90 Å². The number of amides is 1. The number of piperidine rings is 1. The zero-order valence-corrected chi connectivity index (χ0v) is 18.7. The standard InChI is InChI=1S/C22H28N4O4S/c1-15-6-5-7-17(12-15)14-31(29,30)26-10-4-3-8-20(26)21-23-19-9-11-25(16(2)27)13-18(19)22(28)24-21/h5-7,12,20H,3-4,8-11,13-14H2,1-2H3,(H,23,24,28)/t20-/m1/s1. The molecule has 1 amide bonds. The van der Waals surface area contributed by atoms with E-state index in [1.165, 1.54) is 11.2 Å². The van der Waals surface area contributed by atoms with Crippen molar-refractivity contribution in [2.75, 3.05) is 13.1 Å². The fraction of sp³-hybridized carbons (Fsp3) is 0.500. The molecule has 1 aromatic carbocycles. The second kappa shape index (κ2) is 8.55. The minimum atomic E-state index is -3.59. The number of hydrogen-bond donors (Lipinski definition) is 1. The molecule has 2 aromatic rings. The van der Waals surface area contributed by atoms with Crippen molar-refractivity contribution in [1.29, 1.82) is 0 Å². The van der Waals surface area contributed by atoms with Crippen molar-refractivity contribution in [2.45, 2.75) is 57.9 Å². The molecule has 0 radical (unpaired) electrons.